The lowest BCUT2D eigenvalue weighted by Crippen LogP contribution is -2.47. The standard InChI is InChI=1S/C27H28FN5O5S/c28-17-1-5-19(6-2-17)38-20-7-3-18(4-8-20)31-15-24(34)33-16-27(36-11-12-37-27)13-22(33)26(35)32-14-21-9-10-23(39-21)25(29)30/h1-10,22,31H,11-16H2,(H3,29,30)(H,32,35). The van der Waals surface area contributed by atoms with Gasteiger partial charge in [-0.25, -0.2) is 4.39 Å². The molecule has 5 rings (SSSR count). The first kappa shape index (κ1) is 26.6. The number of rotatable bonds is 9. The second-order valence-corrected chi connectivity index (χ2v) is 10.3. The number of ether oxygens (including phenoxy) is 3. The first-order valence-electron chi connectivity index (χ1n) is 12.4. The fraction of sp³-hybridized carbons (Fsp3) is 0.296. The second-order valence-electron chi connectivity index (χ2n) is 9.18. The summed E-state index contributed by atoms with van der Waals surface area (Å²) >= 11 is 1.33. The summed E-state index contributed by atoms with van der Waals surface area (Å²) in [6, 6.07) is 15.5. The number of thiophene rings is 1. The highest BCUT2D eigenvalue weighted by Gasteiger charge is 2.52. The zero-order valence-corrected chi connectivity index (χ0v) is 21.8. The number of nitrogens with zero attached hydrogens (tertiary/aromatic N) is 1. The fourth-order valence-electron chi connectivity index (χ4n) is 4.51. The Labute approximate surface area is 228 Å². The molecule has 1 aromatic heterocycles. The van der Waals surface area contributed by atoms with Crippen LogP contribution < -0.4 is 21.1 Å². The Morgan fingerprint density at radius 2 is 1.74 bits per heavy atom. The van der Waals surface area contributed by atoms with Gasteiger partial charge in [0.1, 0.15) is 29.2 Å². The number of hydrogen-bond acceptors (Lipinski definition) is 8. The van der Waals surface area contributed by atoms with Crippen LogP contribution in [0.15, 0.2) is 60.7 Å². The number of carbonyl (C=O) groups excluding carboxylic acids is 2. The first-order chi connectivity index (χ1) is 18.8. The highest BCUT2D eigenvalue weighted by Crippen LogP contribution is 2.35. The molecule has 12 heteroatoms. The minimum absolute atomic E-state index is 0.0230. The lowest BCUT2D eigenvalue weighted by atomic mass is 10.1. The number of nitrogen functional groups attached to an aromatic ring is 1. The Balaban J connectivity index is 1.19. The third-order valence-corrected chi connectivity index (χ3v) is 7.56. The molecular formula is C27H28FN5O5S. The lowest BCUT2D eigenvalue weighted by molar-refractivity contribution is -0.151. The molecule has 39 heavy (non-hydrogen) atoms. The van der Waals surface area contributed by atoms with Crippen LogP contribution in [0, 0.1) is 11.2 Å². The molecule has 0 radical (unpaired) electrons. The number of nitrogens with two attached hydrogens (primary N) is 1. The number of anilines is 1. The highest BCUT2D eigenvalue weighted by atomic mass is 32.1. The van der Waals surface area contributed by atoms with E-state index in [0.29, 0.717) is 35.3 Å². The van der Waals surface area contributed by atoms with E-state index in [9.17, 15) is 14.0 Å². The van der Waals surface area contributed by atoms with E-state index < -0.39 is 11.8 Å². The van der Waals surface area contributed by atoms with Gasteiger partial charge in [-0.1, -0.05) is 0 Å². The van der Waals surface area contributed by atoms with E-state index in [1.807, 2.05) is 6.07 Å². The van der Waals surface area contributed by atoms with Crippen LogP contribution in [0.4, 0.5) is 10.1 Å². The number of carbonyl (C=O) groups is 2. The van der Waals surface area contributed by atoms with Crippen LogP contribution in [0.2, 0.25) is 0 Å². The van der Waals surface area contributed by atoms with Gasteiger partial charge in [0.25, 0.3) is 0 Å². The summed E-state index contributed by atoms with van der Waals surface area (Å²) in [5, 5.41) is 13.5. The maximum Gasteiger partial charge on any atom is 0.243 e. The highest BCUT2D eigenvalue weighted by molar-refractivity contribution is 7.14. The van der Waals surface area contributed by atoms with Gasteiger partial charge in [-0.15, -0.1) is 11.3 Å². The topological polar surface area (TPSA) is 139 Å². The van der Waals surface area contributed by atoms with Crippen molar-refractivity contribution in [2.45, 2.75) is 24.8 Å². The van der Waals surface area contributed by atoms with E-state index in [4.69, 9.17) is 25.4 Å². The largest absolute Gasteiger partial charge is 0.457 e. The molecule has 2 saturated heterocycles. The summed E-state index contributed by atoms with van der Waals surface area (Å²) in [5.74, 6) is -0.853. The van der Waals surface area contributed by atoms with E-state index in [2.05, 4.69) is 10.6 Å². The zero-order valence-electron chi connectivity index (χ0n) is 20.9. The van der Waals surface area contributed by atoms with Crippen molar-refractivity contribution >= 4 is 34.7 Å². The van der Waals surface area contributed by atoms with Crippen LogP contribution >= 0.6 is 11.3 Å². The third-order valence-electron chi connectivity index (χ3n) is 6.44. The lowest BCUT2D eigenvalue weighted by Gasteiger charge is -2.24. The summed E-state index contributed by atoms with van der Waals surface area (Å²) in [6.07, 6.45) is 0.239. The van der Waals surface area contributed by atoms with Gasteiger partial charge in [0, 0.05) is 17.0 Å². The molecule has 2 aromatic carbocycles. The maximum absolute atomic E-state index is 13.2. The van der Waals surface area contributed by atoms with Crippen LogP contribution in [0.25, 0.3) is 0 Å². The van der Waals surface area contributed by atoms with Crippen molar-refractivity contribution in [3.63, 3.8) is 0 Å². The number of likely N-dealkylation sites (tertiary alicyclic amines) is 1. The minimum atomic E-state index is -0.984. The summed E-state index contributed by atoms with van der Waals surface area (Å²) in [5.41, 5.74) is 6.22. The van der Waals surface area contributed by atoms with Crippen LogP contribution in [0.3, 0.4) is 0 Å². The molecule has 10 nitrogen and oxygen atoms in total. The molecule has 1 atom stereocenters. The predicted molar refractivity (Wildman–Crippen MR) is 143 cm³/mol. The van der Waals surface area contributed by atoms with Crippen molar-refractivity contribution in [2.24, 2.45) is 5.73 Å². The molecule has 2 fully saturated rings. The molecule has 0 saturated carbocycles. The van der Waals surface area contributed by atoms with Crippen LogP contribution in [0.1, 0.15) is 16.2 Å². The number of nitrogens with one attached hydrogen (secondary N) is 3. The first-order valence-corrected chi connectivity index (χ1v) is 13.2. The van der Waals surface area contributed by atoms with Crippen molar-refractivity contribution < 1.29 is 28.2 Å². The van der Waals surface area contributed by atoms with Gasteiger partial charge in [-0.2, -0.15) is 0 Å². The summed E-state index contributed by atoms with van der Waals surface area (Å²) < 4.78 is 30.4. The van der Waals surface area contributed by atoms with E-state index in [1.54, 1.807) is 30.3 Å². The summed E-state index contributed by atoms with van der Waals surface area (Å²) in [4.78, 5) is 29.4. The molecule has 1 unspecified atom stereocenters. The molecule has 0 aliphatic carbocycles. The Morgan fingerprint density at radius 1 is 1.08 bits per heavy atom. The monoisotopic (exact) mass is 553 g/mol. The quantitative estimate of drug-likeness (QED) is 0.236. The van der Waals surface area contributed by atoms with Gasteiger partial charge in [-0.05, 0) is 60.7 Å². The van der Waals surface area contributed by atoms with Crippen molar-refractivity contribution in [1.29, 1.82) is 5.41 Å². The number of amidine groups is 1. The van der Waals surface area contributed by atoms with Crippen LogP contribution in [-0.2, 0) is 25.6 Å². The average molecular weight is 554 g/mol. The third kappa shape index (κ3) is 6.36. The molecule has 2 amide bonds. The smallest absolute Gasteiger partial charge is 0.243 e. The Bertz CT molecular complexity index is 1340. The van der Waals surface area contributed by atoms with Crippen molar-refractivity contribution in [1.82, 2.24) is 10.2 Å². The predicted octanol–water partition coefficient (Wildman–Crippen LogP) is 3.04. The van der Waals surface area contributed by atoms with Crippen molar-refractivity contribution in [3.05, 3.63) is 76.2 Å². The SMILES string of the molecule is N=C(N)c1ccc(CNC(=O)C2CC3(CN2C(=O)CNc2ccc(Oc4ccc(F)cc4)cc2)OCCO3)s1. The molecule has 3 heterocycles. The van der Waals surface area contributed by atoms with Crippen LogP contribution in [0.5, 0.6) is 11.5 Å². The molecule has 3 aromatic rings. The van der Waals surface area contributed by atoms with Crippen molar-refractivity contribution in [3.8, 4) is 11.5 Å². The Morgan fingerprint density at radius 3 is 2.38 bits per heavy atom. The number of hydrogen-bond donors (Lipinski definition) is 4. The maximum atomic E-state index is 13.2. The number of amides is 2. The molecule has 2 aliphatic rings. The molecule has 2 aliphatic heterocycles. The molecule has 5 N–H and O–H groups in total. The number of benzene rings is 2. The van der Waals surface area contributed by atoms with Gasteiger partial charge in [0.15, 0.2) is 5.79 Å². The van der Waals surface area contributed by atoms with Crippen molar-refractivity contribution in [2.75, 3.05) is 31.6 Å². The molecule has 1 spiro atoms. The van der Waals surface area contributed by atoms with Gasteiger partial charge in [0.2, 0.25) is 11.8 Å². The van der Waals surface area contributed by atoms with E-state index in [0.717, 1.165) is 4.88 Å². The minimum Gasteiger partial charge on any atom is -0.457 e. The fourth-order valence-corrected chi connectivity index (χ4v) is 5.32. The van der Waals surface area contributed by atoms with Gasteiger partial charge < -0.3 is 35.5 Å². The molecule has 204 valence electrons. The summed E-state index contributed by atoms with van der Waals surface area (Å²) in [6.45, 7) is 1.19. The molecule has 0 bridgehead atoms. The van der Waals surface area contributed by atoms with Crippen LogP contribution in [-0.4, -0.2) is 60.7 Å². The summed E-state index contributed by atoms with van der Waals surface area (Å²) in [7, 11) is 0. The Hall–Kier alpha value is -4.00. The van der Waals surface area contributed by atoms with Gasteiger partial charge in [0.05, 0.1) is 37.7 Å². The normalized spacial score (nSPS) is 17.8. The number of halogens is 1. The zero-order chi connectivity index (χ0) is 27.4. The average Bonchev–Trinajstić information content (AvgIpc) is 3.69. The van der Waals surface area contributed by atoms with E-state index >= 15 is 0 Å². The van der Waals surface area contributed by atoms with Gasteiger partial charge in [-0.3, -0.25) is 15.0 Å². The second kappa shape index (κ2) is 11.4. The Kier molecular flexibility index (Phi) is 7.77. The van der Waals surface area contributed by atoms with E-state index in [1.165, 1.54) is 40.5 Å². The molecular weight excluding hydrogens is 525 g/mol. The van der Waals surface area contributed by atoms with E-state index in [-0.39, 0.29) is 49.5 Å². The van der Waals surface area contributed by atoms with Gasteiger partial charge >= 0.3 is 0 Å².